The second-order valence-corrected chi connectivity index (χ2v) is 6.17. The lowest BCUT2D eigenvalue weighted by Crippen LogP contribution is -2.27. The lowest BCUT2D eigenvalue weighted by atomic mass is 10.2. The number of aromatic nitrogens is 4. The van der Waals surface area contributed by atoms with E-state index in [0.717, 1.165) is 5.56 Å². The molecule has 9 heteroatoms. The maximum Gasteiger partial charge on any atom is 0.241 e. The molecule has 0 radical (unpaired) electrons. The van der Waals surface area contributed by atoms with E-state index in [-0.39, 0.29) is 4.90 Å². The molecular weight excluding hydrogens is 334 g/mol. The average Bonchev–Trinajstić information content (AvgIpc) is 2.92. The van der Waals surface area contributed by atoms with Gasteiger partial charge in [-0.3, -0.25) is 0 Å². The number of hydrogen-bond acceptors (Lipinski definition) is 5. The van der Waals surface area contributed by atoms with Crippen molar-refractivity contribution in [3.05, 3.63) is 35.7 Å². The first-order valence-electron chi connectivity index (χ1n) is 5.43. The fourth-order valence-electron chi connectivity index (χ4n) is 1.46. The van der Waals surface area contributed by atoms with E-state index in [0.29, 0.717) is 11.2 Å². The number of aromatic amines is 1. The van der Waals surface area contributed by atoms with Crippen LogP contribution >= 0.6 is 15.9 Å². The molecule has 1 atom stereocenters. The van der Waals surface area contributed by atoms with Crippen LogP contribution < -0.4 is 4.72 Å². The Hall–Kier alpha value is -1.32. The van der Waals surface area contributed by atoms with Crippen LogP contribution in [0.15, 0.2) is 29.2 Å². The average molecular weight is 346 g/mol. The number of rotatable bonds is 5. The number of halogens is 1. The van der Waals surface area contributed by atoms with Crippen molar-refractivity contribution in [2.75, 3.05) is 0 Å². The second kappa shape index (κ2) is 5.76. The van der Waals surface area contributed by atoms with Gasteiger partial charge in [-0.2, -0.15) is 5.21 Å². The molecule has 1 aromatic heterocycles. The number of sulfonamides is 1. The highest BCUT2D eigenvalue weighted by Gasteiger charge is 2.20. The van der Waals surface area contributed by atoms with Crippen molar-refractivity contribution in [2.45, 2.75) is 23.2 Å². The fraction of sp³-hybridized carbons (Fsp3) is 0.300. The summed E-state index contributed by atoms with van der Waals surface area (Å²) in [7, 11) is -3.60. The second-order valence-electron chi connectivity index (χ2n) is 3.89. The molecule has 2 N–H and O–H groups in total. The van der Waals surface area contributed by atoms with E-state index in [4.69, 9.17) is 0 Å². The van der Waals surface area contributed by atoms with Gasteiger partial charge in [0.25, 0.3) is 0 Å². The number of tetrazole rings is 1. The molecule has 0 spiro atoms. The maximum absolute atomic E-state index is 12.1. The van der Waals surface area contributed by atoms with Crippen LogP contribution in [0, 0.1) is 0 Å². The summed E-state index contributed by atoms with van der Waals surface area (Å²) in [6.07, 6.45) is 0. The van der Waals surface area contributed by atoms with E-state index < -0.39 is 16.1 Å². The molecule has 2 aromatic rings. The van der Waals surface area contributed by atoms with Crippen LogP contribution in [0.1, 0.15) is 24.4 Å². The van der Waals surface area contributed by atoms with Gasteiger partial charge in [0.05, 0.1) is 10.9 Å². The minimum Gasteiger partial charge on any atom is -0.207 e. The van der Waals surface area contributed by atoms with Crippen molar-refractivity contribution in [3.63, 3.8) is 0 Å². The van der Waals surface area contributed by atoms with Gasteiger partial charge in [0.15, 0.2) is 5.82 Å². The summed E-state index contributed by atoms with van der Waals surface area (Å²) in [6.45, 7) is 1.65. The van der Waals surface area contributed by atoms with Crippen molar-refractivity contribution >= 4 is 26.0 Å². The van der Waals surface area contributed by atoms with Crippen molar-refractivity contribution < 1.29 is 8.42 Å². The highest BCUT2D eigenvalue weighted by molar-refractivity contribution is 9.08. The minimum absolute atomic E-state index is 0.201. The fourth-order valence-corrected chi connectivity index (χ4v) is 3.04. The highest BCUT2D eigenvalue weighted by Crippen LogP contribution is 2.15. The Balaban J connectivity index is 2.17. The molecule has 102 valence electrons. The molecule has 1 heterocycles. The maximum atomic E-state index is 12.1. The minimum atomic E-state index is -3.60. The van der Waals surface area contributed by atoms with Crippen molar-refractivity contribution in [3.8, 4) is 0 Å². The van der Waals surface area contributed by atoms with Crippen molar-refractivity contribution in [1.29, 1.82) is 0 Å². The summed E-state index contributed by atoms with van der Waals surface area (Å²) in [4.78, 5) is 0.201. The number of H-pyrrole nitrogens is 1. The Morgan fingerprint density at radius 3 is 2.58 bits per heavy atom. The topological polar surface area (TPSA) is 101 Å². The van der Waals surface area contributed by atoms with Crippen LogP contribution in [0.4, 0.5) is 0 Å². The molecule has 0 saturated carbocycles. The molecule has 0 aliphatic rings. The summed E-state index contributed by atoms with van der Waals surface area (Å²) in [5.41, 5.74) is 1.00. The molecular formula is C10H12BrN5O2S. The first-order valence-corrected chi connectivity index (χ1v) is 8.04. The molecule has 0 fully saturated rings. The van der Waals surface area contributed by atoms with Crippen molar-refractivity contribution in [1.82, 2.24) is 25.3 Å². The third-order valence-corrected chi connectivity index (χ3v) is 4.67. The molecule has 0 bridgehead atoms. The van der Waals surface area contributed by atoms with Crippen LogP contribution in [0.2, 0.25) is 0 Å². The lowest BCUT2D eigenvalue weighted by Gasteiger charge is -2.11. The summed E-state index contributed by atoms with van der Waals surface area (Å²) in [5, 5.41) is 13.8. The largest absolute Gasteiger partial charge is 0.241 e. The van der Waals surface area contributed by atoms with E-state index in [9.17, 15) is 8.42 Å². The van der Waals surface area contributed by atoms with E-state index >= 15 is 0 Å². The molecule has 0 saturated heterocycles. The van der Waals surface area contributed by atoms with Gasteiger partial charge in [0.1, 0.15) is 0 Å². The summed E-state index contributed by atoms with van der Waals surface area (Å²) in [6, 6.07) is 6.06. The van der Waals surface area contributed by atoms with Crippen LogP contribution in [-0.2, 0) is 15.4 Å². The van der Waals surface area contributed by atoms with Crippen LogP contribution in [0.3, 0.4) is 0 Å². The van der Waals surface area contributed by atoms with Gasteiger partial charge in [0.2, 0.25) is 10.0 Å². The SMILES string of the molecule is CC(NS(=O)(=O)c1ccc(CBr)cc1)c1nn[nH]n1. The van der Waals surface area contributed by atoms with Gasteiger partial charge in [-0.1, -0.05) is 33.3 Å². The number of nitrogens with one attached hydrogen (secondary N) is 2. The summed E-state index contributed by atoms with van der Waals surface area (Å²) < 4.78 is 26.7. The number of benzene rings is 1. The van der Waals surface area contributed by atoms with Gasteiger partial charge in [0, 0.05) is 5.33 Å². The van der Waals surface area contributed by atoms with Gasteiger partial charge < -0.3 is 0 Å². The Labute approximate surface area is 119 Å². The Bertz CT molecular complexity index is 626. The van der Waals surface area contributed by atoms with Crippen LogP contribution in [0.25, 0.3) is 0 Å². The predicted octanol–water partition coefficient (Wildman–Crippen LogP) is 1.13. The van der Waals surface area contributed by atoms with Gasteiger partial charge >= 0.3 is 0 Å². The first kappa shape index (κ1) is 14.1. The molecule has 0 amide bonds. The molecule has 0 aliphatic heterocycles. The number of alkyl halides is 1. The van der Waals surface area contributed by atoms with Gasteiger partial charge in [-0.25, -0.2) is 13.1 Å². The van der Waals surface area contributed by atoms with Crippen LogP contribution in [0.5, 0.6) is 0 Å². The monoisotopic (exact) mass is 345 g/mol. The van der Waals surface area contributed by atoms with E-state index in [2.05, 4.69) is 41.3 Å². The highest BCUT2D eigenvalue weighted by atomic mass is 79.9. The quantitative estimate of drug-likeness (QED) is 0.791. The smallest absolute Gasteiger partial charge is 0.207 e. The van der Waals surface area contributed by atoms with Gasteiger partial charge in [-0.15, -0.1) is 10.2 Å². The first-order chi connectivity index (χ1) is 9.03. The molecule has 19 heavy (non-hydrogen) atoms. The summed E-state index contributed by atoms with van der Waals surface area (Å²) in [5.74, 6) is 0.292. The zero-order valence-corrected chi connectivity index (χ0v) is 12.4. The lowest BCUT2D eigenvalue weighted by molar-refractivity contribution is 0.560. The molecule has 0 aliphatic carbocycles. The Morgan fingerprint density at radius 1 is 1.37 bits per heavy atom. The molecule has 7 nitrogen and oxygen atoms in total. The zero-order chi connectivity index (χ0) is 13.9. The molecule has 1 aromatic carbocycles. The summed E-state index contributed by atoms with van der Waals surface area (Å²) >= 11 is 3.31. The molecule has 2 rings (SSSR count). The van der Waals surface area contributed by atoms with Crippen LogP contribution in [-0.4, -0.2) is 29.0 Å². The molecule has 1 unspecified atom stereocenters. The normalized spacial score (nSPS) is 13.4. The third kappa shape index (κ3) is 3.37. The van der Waals surface area contributed by atoms with Gasteiger partial charge in [-0.05, 0) is 24.6 Å². The standard InChI is InChI=1S/C10H12BrN5O2S/c1-7(10-12-15-16-13-10)14-19(17,18)9-4-2-8(6-11)3-5-9/h2-5,7,14H,6H2,1H3,(H,12,13,15,16). The van der Waals surface area contributed by atoms with E-state index in [1.807, 2.05) is 0 Å². The third-order valence-electron chi connectivity index (χ3n) is 2.47. The number of nitrogens with zero attached hydrogens (tertiary/aromatic N) is 3. The predicted molar refractivity (Wildman–Crippen MR) is 72.0 cm³/mol. The Morgan fingerprint density at radius 2 is 2.05 bits per heavy atom. The van der Waals surface area contributed by atoms with E-state index in [1.165, 1.54) is 0 Å². The number of hydrogen-bond donors (Lipinski definition) is 2. The van der Waals surface area contributed by atoms with E-state index in [1.54, 1.807) is 31.2 Å². The zero-order valence-electron chi connectivity index (χ0n) is 10.0. The van der Waals surface area contributed by atoms with Crippen molar-refractivity contribution in [2.24, 2.45) is 0 Å². The Kier molecular flexibility index (Phi) is 4.27.